The van der Waals surface area contributed by atoms with Crippen LogP contribution in [0.2, 0.25) is 5.02 Å². The lowest BCUT2D eigenvalue weighted by Crippen LogP contribution is -2.32. The van der Waals surface area contributed by atoms with Crippen LogP contribution >= 0.6 is 11.6 Å². The monoisotopic (exact) mass is 295 g/mol. The van der Waals surface area contributed by atoms with Gasteiger partial charge in [-0.25, -0.2) is 0 Å². The van der Waals surface area contributed by atoms with Gasteiger partial charge in [-0.15, -0.1) is 0 Å². The number of nitrogens with zero attached hydrogens (tertiary/aromatic N) is 4. The molecule has 0 fully saturated rings. The highest BCUT2D eigenvalue weighted by Gasteiger charge is 2.11. The van der Waals surface area contributed by atoms with Gasteiger partial charge in [-0.05, 0) is 39.3 Å². The van der Waals surface area contributed by atoms with E-state index in [0.717, 1.165) is 35.9 Å². The number of nitrogens with one attached hydrogen (secondary N) is 1. The van der Waals surface area contributed by atoms with Gasteiger partial charge in [-0.1, -0.05) is 11.6 Å². The molecule has 20 heavy (non-hydrogen) atoms. The average Bonchev–Trinajstić information content (AvgIpc) is 2.90. The number of hydrogen-bond acceptors (Lipinski definition) is 3. The zero-order valence-corrected chi connectivity index (χ0v) is 13.3. The lowest BCUT2D eigenvalue weighted by molar-refractivity contribution is 0.447. The van der Waals surface area contributed by atoms with E-state index in [1.54, 1.807) is 0 Å². The molecule has 0 spiro atoms. The SMILES string of the molecule is Cc1nn(C[C@H](C)NCCc2cnn(C)c2)c(C)c1Cl. The van der Waals surface area contributed by atoms with Crippen molar-refractivity contribution in [3.63, 3.8) is 0 Å². The number of halogens is 1. The first kappa shape index (κ1) is 15.1. The first-order chi connectivity index (χ1) is 9.47. The van der Waals surface area contributed by atoms with Gasteiger partial charge in [0.25, 0.3) is 0 Å². The second-order valence-corrected chi connectivity index (χ2v) is 5.67. The van der Waals surface area contributed by atoms with E-state index < -0.39 is 0 Å². The first-order valence-electron chi connectivity index (χ1n) is 6.87. The van der Waals surface area contributed by atoms with Gasteiger partial charge in [-0.2, -0.15) is 10.2 Å². The third kappa shape index (κ3) is 3.61. The highest BCUT2D eigenvalue weighted by Crippen LogP contribution is 2.18. The molecule has 0 amide bonds. The summed E-state index contributed by atoms with van der Waals surface area (Å²) >= 11 is 6.16. The summed E-state index contributed by atoms with van der Waals surface area (Å²) in [6.45, 7) is 7.86. The summed E-state index contributed by atoms with van der Waals surface area (Å²) in [5.74, 6) is 0. The van der Waals surface area contributed by atoms with Crippen LogP contribution in [-0.2, 0) is 20.0 Å². The normalized spacial score (nSPS) is 12.8. The molecule has 0 radical (unpaired) electrons. The Hall–Kier alpha value is -1.33. The van der Waals surface area contributed by atoms with Gasteiger partial charge in [0, 0.05) is 19.3 Å². The molecular formula is C14H22ClN5. The van der Waals surface area contributed by atoms with Gasteiger partial charge >= 0.3 is 0 Å². The van der Waals surface area contributed by atoms with Crippen molar-refractivity contribution in [2.75, 3.05) is 6.54 Å². The van der Waals surface area contributed by atoms with Gasteiger partial charge in [0.15, 0.2) is 0 Å². The van der Waals surface area contributed by atoms with Crippen molar-refractivity contribution in [2.24, 2.45) is 7.05 Å². The van der Waals surface area contributed by atoms with Crippen molar-refractivity contribution in [3.8, 4) is 0 Å². The number of rotatable bonds is 6. The zero-order chi connectivity index (χ0) is 14.7. The Balaban J connectivity index is 1.80. The first-order valence-corrected chi connectivity index (χ1v) is 7.25. The summed E-state index contributed by atoms with van der Waals surface area (Å²) in [5.41, 5.74) is 3.18. The van der Waals surface area contributed by atoms with Gasteiger partial charge in [0.1, 0.15) is 0 Å². The summed E-state index contributed by atoms with van der Waals surface area (Å²) in [5, 5.41) is 12.9. The summed E-state index contributed by atoms with van der Waals surface area (Å²) in [4.78, 5) is 0. The second-order valence-electron chi connectivity index (χ2n) is 5.29. The van der Waals surface area contributed by atoms with Crippen molar-refractivity contribution in [3.05, 3.63) is 34.4 Å². The topological polar surface area (TPSA) is 47.7 Å². The van der Waals surface area contributed by atoms with Crippen molar-refractivity contribution >= 4 is 11.6 Å². The Labute approximate surface area is 124 Å². The van der Waals surface area contributed by atoms with Crippen LogP contribution in [0.1, 0.15) is 23.9 Å². The molecule has 5 nitrogen and oxygen atoms in total. The number of aryl methyl sites for hydroxylation is 2. The molecule has 0 aliphatic carbocycles. The lowest BCUT2D eigenvalue weighted by atomic mass is 10.2. The summed E-state index contributed by atoms with van der Waals surface area (Å²) < 4.78 is 3.80. The maximum atomic E-state index is 6.16. The standard InChI is InChI=1S/C14H22ClN5/c1-10(8-20-12(3)14(15)11(2)18-20)16-6-5-13-7-17-19(4)9-13/h7,9-10,16H,5-6,8H2,1-4H3/t10-/m0/s1. The molecule has 0 saturated carbocycles. The van der Waals surface area contributed by atoms with Crippen LogP contribution in [0.5, 0.6) is 0 Å². The second kappa shape index (κ2) is 6.41. The molecule has 1 atom stereocenters. The van der Waals surface area contributed by atoms with E-state index in [4.69, 9.17) is 11.6 Å². The van der Waals surface area contributed by atoms with Gasteiger partial charge < -0.3 is 5.32 Å². The van der Waals surface area contributed by atoms with E-state index in [-0.39, 0.29) is 0 Å². The molecule has 0 unspecified atom stereocenters. The molecule has 2 aromatic rings. The molecule has 2 rings (SSSR count). The van der Waals surface area contributed by atoms with Crippen molar-refractivity contribution in [2.45, 2.75) is 39.8 Å². The van der Waals surface area contributed by atoms with Crippen molar-refractivity contribution in [1.29, 1.82) is 0 Å². The predicted molar refractivity (Wildman–Crippen MR) is 81.1 cm³/mol. The van der Waals surface area contributed by atoms with Crippen molar-refractivity contribution in [1.82, 2.24) is 24.9 Å². The number of hydrogen-bond donors (Lipinski definition) is 1. The fourth-order valence-electron chi connectivity index (χ4n) is 2.24. The van der Waals surface area contributed by atoms with Crippen LogP contribution in [0.25, 0.3) is 0 Å². The zero-order valence-electron chi connectivity index (χ0n) is 12.5. The molecule has 6 heteroatoms. The minimum Gasteiger partial charge on any atom is -0.312 e. The fraction of sp³-hybridized carbons (Fsp3) is 0.571. The van der Waals surface area contributed by atoms with Crippen LogP contribution in [-0.4, -0.2) is 32.1 Å². The minimum absolute atomic E-state index is 0.348. The predicted octanol–water partition coefficient (Wildman–Crippen LogP) is 2.11. The summed E-state index contributed by atoms with van der Waals surface area (Å²) in [7, 11) is 1.94. The van der Waals surface area contributed by atoms with Crippen LogP contribution < -0.4 is 5.32 Å². The maximum Gasteiger partial charge on any atom is 0.0844 e. The Bertz CT molecular complexity index is 572. The smallest absolute Gasteiger partial charge is 0.0844 e. The van der Waals surface area contributed by atoms with E-state index in [1.165, 1.54) is 5.56 Å². The Kier molecular flexibility index (Phi) is 4.83. The molecule has 0 bridgehead atoms. The van der Waals surface area contributed by atoms with E-state index in [1.807, 2.05) is 42.7 Å². The molecule has 2 heterocycles. The Morgan fingerprint density at radius 2 is 2.15 bits per heavy atom. The Morgan fingerprint density at radius 1 is 1.40 bits per heavy atom. The molecule has 110 valence electrons. The quantitative estimate of drug-likeness (QED) is 0.888. The van der Waals surface area contributed by atoms with E-state index in [0.29, 0.717) is 6.04 Å². The lowest BCUT2D eigenvalue weighted by Gasteiger charge is -2.14. The highest BCUT2D eigenvalue weighted by molar-refractivity contribution is 6.31. The largest absolute Gasteiger partial charge is 0.312 e. The molecular weight excluding hydrogens is 274 g/mol. The van der Waals surface area contributed by atoms with Crippen LogP contribution in [0.4, 0.5) is 0 Å². The minimum atomic E-state index is 0.348. The maximum absolute atomic E-state index is 6.16. The van der Waals surface area contributed by atoms with Gasteiger partial charge in [-0.3, -0.25) is 9.36 Å². The number of aromatic nitrogens is 4. The summed E-state index contributed by atoms with van der Waals surface area (Å²) in [6, 6.07) is 0.348. The fourth-order valence-corrected chi connectivity index (χ4v) is 2.38. The molecule has 0 aromatic carbocycles. The van der Waals surface area contributed by atoms with E-state index in [9.17, 15) is 0 Å². The average molecular weight is 296 g/mol. The van der Waals surface area contributed by atoms with Crippen molar-refractivity contribution < 1.29 is 0 Å². The molecule has 1 N–H and O–H groups in total. The third-order valence-electron chi connectivity index (χ3n) is 3.40. The van der Waals surface area contributed by atoms with Crippen LogP contribution in [0.3, 0.4) is 0 Å². The van der Waals surface area contributed by atoms with E-state index >= 15 is 0 Å². The third-order valence-corrected chi connectivity index (χ3v) is 3.95. The summed E-state index contributed by atoms with van der Waals surface area (Å²) in [6.07, 6.45) is 4.94. The van der Waals surface area contributed by atoms with E-state index in [2.05, 4.69) is 22.4 Å². The highest BCUT2D eigenvalue weighted by atomic mass is 35.5. The Morgan fingerprint density at radius 3 is 2.70 bits per heavy atom. The van der Waals surface area contributed by atoms with Gasteiger partial charge in [0.2, 0.25) is 0 Å². The van der Waals surface area contributed by atoms with Gasteiger partial charge in [0.05, 0.1) is 29.2 Å². The molecule has 0 aliphatic rings. The van der Waals surface area contributed by atoms with Crippen LogP contribution in [0.15, 0.2) is 12.4 Å². The molecule has 0 aliphatic heterocycles. The molecule has 0 saturated heterocycles. The molecule has 2 aromatic heterocycles. The van der Waals surface area contributed by atoms with Crippen LogP contribution in [0, 0.1) is 13.8 Å².